The maximum Gasteiger partial charge on any atom is 0.0918 e. The lowest BCUT2D eigenvalue weighted by Gasteiger charge is -2.37. The molecule has 1 heterocycles. The van der Waals surface area contributed by atoms with Crippen LogP contribution in [0.2, 0.25) is 0 Å². The molecule has 1 aliphatic heterocycles. The summed E-state index contributed by atoms with van der Waals surface area (Å²) in [6.45, 7) is 5.96. The maximum atomic E-state index is 10.6. The van der Waals surface area contributed by atoms with E-state index in [1.54, 1.807) is 0 Å². The van der Waals surface area contributed by atoms with E-state index in [-0.39, 0.29) is 0 Å². The molecular weight excluding hydrogens is 210 g/mol. The number of rotatable bonds is 1. The molecule has 1 fully saturated rings. The van der Waals surface area contributed by atoms with Gasteiger partial charge in [0.05, 0.1) is 5.60 Å². The van der Waals surface area contributed by atoms with Crippen LogP contribution in [-0.2, 0) is 0 Å². The Bertz CT molecular complexity index is 307. The van der Waals surface area contributed by atoms with Crippen molar-refractivity contribution in [3.63, 3.8) is 0 Å². The Morgan fingerprint density at radius 3 is 2.47 bits per heavy atom. The molecule has 0 aromatic carbocycles. The third kappa shape index (κ3) is 3.83. The van der Waals surface area contributed by atoms with E-state index in [1.165, 1.54) is 0 Å². The Hall–Kier alpha value is -0.860. The Labute approximate surface area is 105 Å². The quantitative estimate of drug-likeness (QED) is 0.755. The molecule has 0 spiro atoms. The van der Waals surface area contributed by atoms with Crippen molar-refractivity contribution in [1.82, 2.24) is 4.90 Å². The number of aliphatic hydroxyl groups is 1. The maximum absolute atomic E-state index is 10.6. The van der Waals surface area contributed by atoms with Crippen LogP contribution >= 0.6 is 0 Å². The molecule has 0 saturated carbocycles. The minimum Gasteiger partial charge on any atom is -0.385 e. The molecule has 1 saturated heterocycles. The van der Waals surface area contributed by atoms with Crippen LogP contribution in [-0.4, -0.2) is 35.7 Å². The molecule has 0 bridgehead atoms. The summed E-state index contributed by atoms with van der Waals surface area (Å²) < 4.78 is 0. The molecule has 0 amide bonds. The lowest BCUT2D eigenvalue weighted by molar-refractivity contribution is 0.0191. The average Bonchev–Trinajstić information content (AvgIpc) is 2.65. The third-order valence-electron chi connectivity index (χ3n) is 3.35. The molecule has 0 radical (unpaired) electrons. The largest absolute Gasteiger partial charge is 0.385 e. The lowest BCUT2D eigenvalue weighted by atomic mass is 9.83. The van der Waals surface area contributed by atoms with Crippen molar-refractivity contribution in [3.8, 4) is 0 Å². The second-order valence-corrected chi connectivity index (χ2v) is 4.52. The molecule has 0 aromatic rings. The van der Waals surface area contributed by atoms with Crippen molar-refractivity contribution in [3.05, 3.63) is 36.0 Å². The number of likely N-dealkylation sites (tertiary alicyclic amines) is 1. The predicted molar refractivity (Wildman–Crippen MR) is 74.0 cm³/mol. The fourth-order valence-corrected chi connectivity index (χ4v) is 2.20. The Balaban J connectivity index is 0.000000686. The van der Waals surface area contributed by atoms with Crippen molar-refractivity contribution in [2.24, 2.45) is 0 Å². The highest BCUT2D eigenvalue weighted by atomic mass is 16.3. The Morgan fingerprint density at radius 1 is 1.18 bits per heavy atom. The van der Waals surface area contributed by atoms with Gasteiger partial charge in [-0.3, -0.25) is 0 Å². The fraction of sp³-hybridized carbons (Fsp3) is 0.600. The van der Waals surface area contributed by atoms with E-state index in [4.69, 9.17) is 0 Å². The van der Waals surface area contributed by atoms with Gasteiger partial charge in [0.2, 0.25) is 0 Å². The highest BCUT2D eigenvalue weighted by molar-refractivity contribution is 5.34. The zero-order chi connectivity index (χ0) is 12.7. The molecule has 2 heteroatoms. The number of allylic oxidation sites excluding steroid dienone is 4. The van der Waals surface area contributed by atoms with Crippen LogP contribution in [0.1, 0.15) is 33.1 Å². The highest BCUT2D eigenvalue weighted by Crippen LogP contribution is 2.31. The van der Waals surface area contributed by atoms with Crippen LogP contribution in [0.25, 0.3) is 0 Å². The summed E-state index contributed by atoms with van der Waals surface area (Å²) in [5.74, 6) is 0. The second-order valence-electron chi connectivity index (χ2n) is 4.52. The first-order valence-corrected chi connectivity index (χ1v) is 6.65. The van der Waals surface area contributed by atoms with Crippen molar-refractivity contribution in [1.29, 1.82) is 0 Å². The summed E-state index contributed by atoms with van der Waals surface area (Å²) in [7, 11) is 2.11. The van der Waals surface area contributed by atoms with Crippen molar-refractivity contribution in [2.75, 3.05) is 20.1 Å². The van der Waals surface area contributed by atoms with Gasteiger partial charge in [-0.15, -0.1) is 0 Å². The van der Waals surface area contributed by atoms with Gasteiger partial charge < -0.3 is 10.0 Å². The van der Waals surface area contributed by atoms with E-state index >= 15 is 0 Å². The van der Waals surface area contributed by atoms with Crippen molar-refractivity contribution < 1.29 is 5.11 Å². The minimum atomic E-state index is -0.588. The van der Waals surface area contributed by atoms with Gasteiger partial charge in [-0.1, -0.05) is 44.2 Å². The Kier molecular flexibility index (Phi) is 5.66. The van der Waals surface area contributed by atoms with Gasteiger partial charge in [0.25, 0.3) is 0 Å². The molecule has 0 aromatic heterocycles. The van der Waals surface area contributed by atoms with Gasteiger partial charge >= 0.3 is 0 Å². The summed E-state index contributed by atoms with van der Waals surface area (Å²) in [4.78, 5) is 2.27. The number of nitrogens with zero attached hydrogens (tertiary/aromatic N) is 1. The van der Waals surface area contributed by atoms with Gasteiger partial charge in [0.1, 0.15) is 0 Å². The first-order chi connectivity index (χ1) is 8.21. The highest BCUT2D eigenvalue weighted by Gasteiger charge is 2.33. The smallest absolute Gasteiger partial charge is 0.0918 e. The molecule has 2 nitrogen and oxygen atoms in total. The molecule has 96 valence electrons. The van der Waals surface area contributed by atoms with Crippen LogP contribution in [0.5, 0.6) is 0 Å². The predicted octanol–water partition coefficient (Wildman–Crippen LogP) is 2.91. The fourth-order valence-electron chi connectivity index (χ4n) is 2.20. The summed E-state index contributed by atoms with van der Waals surface area (Å²) in [5.41, 5.74) is 0.510. The number of hydrogen-bond acceptors (Lipinski definition) is 2. The van der Waals surface area contributed by atoms with Crippen molar-refractivity contribution >= 4 is 0 Å². The van der Waals surface area contributed by atoms with E-state index in [9.17, 15) is 5.11 Å². The first-order valence-electron chi connectivity index (χ1n) is 6.65. The van der Waals surface area contributed by atoms with E-state index in [0.717, 1.165) is 37.9 Å². The van der Waals surface area contributed by atoms with Crippen LogP contribution < -0.4 is 0 Å². The van der Waals surface area contributed by atoms with Crippen LogP contribution in [0, 0.1) is 0 Å². The Morgan fingerprint density at radius 2 is 1.82 bits per heavy atom. The number of hydrogen-bond donors (Lipinski definition) is 1. The van der Waals surface area contributed by atoms with Gasteiger partial charge in [0.15, 0.2) is 0 Å². The summed E-state index contributed by atoms with van der Waals surface area (Å²) in [5, 5.41) is 10.6. The molecule has 1 aliphatic carbocycles. The molecule has 0 atom stereocenters. The van der Waals surface area contributed by atoms with Crippen LogP contribution in [0.3, 0.4) is 0 Å². The minimum absolute atomic E-state index is 0.588. The van der Waals surface area contributed by atoms with Gasteiger partial charge in [-0.25, -0.2) is 0 Å². The van der Waals surface area contributed by atoms with E-state index in [0.29, 0.717) is 0 Å². The summed E-state index contributed by atoms with van der Waals surface area (Å²) in [6, 6.07) is 0. The second kappa shape index (κ2) is 6.77. The van der Waals surface area contributed by atoms with E-state index in [2.05, 4.69) is 30.2 Å². The topological polar surface area (TPSA) is 23.5 Å². The first kappa shape index (κ1) is 14.2. The van der Waals surface area contributed by atoms with E-state index < -0.39 is 5.60 Å². The summed E-state index contributed by atoms with van der Waals surface area (Å²) >= 11 is 0. The third-order valence-corrected chi connectivity index (χ3v) is 3.35. The van der Waals surface area contributed by atoms with Crippen LogP contribution in [0.4, 0.5) is 0 Å². The van der Waals surface area contributed by atoms with Gasteiger partial charge in [-0.05, 0) is 31.9 Å². The van der Waals surface area contributed by atoms with E-state index in [1.807, 2.05) is 26.0 Å². The summed E-state index contributed by atoms with van der Waals surface area (Å²) in [6.07, 6.45) is 13.0. The van der Waals surface area contributed by atoms with Crippen molar-refractivity contribution in [2.45, 2.75) is 38.7 Å². The monoisotopic (exact) mass is 235 g/mol. The molecule has 0 unspecified atom stereocenters. The number of piperidine rings is 1. The van der Waals surface area contributed by atoms with Crippen LogP contribution in [0.15, 0.2) is 36.0 Å². The normalized spacial score (nSPS) is 23.4. The average molecular weight is 235 g/mol. The van der Waals surface area contributed by atoms with Gasteiger partial charge in [-0.2, -0.15) is 0 Å². The molecule has 1 N–H and O–H groups in total. The molecule has 17 heavy (non-hydrogen) atoms. The lowest BCUT2D eigenvalue weighted by Crippen LogP contribution is -2.43. The zero-order valence-electron chi connectivity index (χ0n) is 11.3. The SMILES string of the molecule is CC.CN1CCC(O)(C2=CCC=CC=C2)CC1. The van der Waals surface area contributed by atoms with Gasteiger partial charge in [0, 0.05) is 13.1 Å². The molecule has 2 rings (SSSR count). The molecular formula is C15H25NO. The molecule has 2 aliphatic rings. The standard InChI is InChI=1S/C13H19NO.C2H6/c1-14-10-8-13(15,9-11-14)12-6-4-2-3-5-7-12;1-2/h2-4,6-7,15H,5,8-11H2,1H3;1-2H3. The zero-order valence-corrected chi connectivity index (χ0v) is 11.3.